The Morgan fingerprint density at radius 1 is 0.944 bits per heavy atom. The molecule has 0 saturated heterocycles. The molecule has 0 bridgehead atoms. The van der Waals surface area contributed by atoms with E-state index in [1.807, 2.05) is 7.05 Å². The third-order valence-corrected chi connectivity index (χ3v) is 6.24. The van der Waals surface area contributed by atoms with Crippen LogP contribution in [-0.2, 0) is 4.43 Å². The van der Waals surface area contributed by atoms with Gasteiger partial charge >= 0.3 is 9.36 Å². The van der Waals surface area contributed by atoms with Crippen LogP contribution in [0.15, 0.2) is 0 Å². The van der Waals surface area contributed by atoms with Crippen LogP contribution in [0.3, 0.4) is 0 Å². The molecule has 0 atom stereocenters. The Morgan fingerprint density at radius 2 is 1.44 bits per heavy atom. The van der Waals surface area contributed by atoms with Crippen molar-refractivity contribution >= 4 is 9.36 Å². The minimum absolute atomic E-state index is 0.713. The zero-order valence-electron chi connectivity index (χ0n) is 11.7. The smallest absolute Gasteiger partial charge is 0.335 e. The van der Waals surface area contributed by atoms with Gasteiger partial charge in [0.1, 0.15) is 0 Å². The third kappa shape index (κ3) is 4.97. The molecule has 5 heteroatoms. The molecule has 2 saturated carbocycles. The Hall–Kier alpha value is 0.0569. The summed E-state index contributed by atoms with van der Waals surface area (Å²) in [5.74, 6) is 0. The predicted molar refractivity (Wildman–Crippen MR) is 77.8 cm³/mol. The van der Waals surface area contributed by atoms with Crippen LogP contribution in [-0.4, -0.2) is 41.6 Å². The molecule has 2 fully saturated rings. The lowest BCUT2D eigenvalue weighted by Crippen LogP contribution is -2.56. The lowest BCUT2D eigenvalue weighted by molar-refractivity contribution is 0.292. The van der Waals surface area contributed by atoms with Gasteiger partial charge in [-0.15, -0.1) is 0 Å². The highest BCUT2D eigenvalue weighted by atomic mass is 28.3. The van der Waals surface area contributed by atoms with E-state index in [1.165, 1.54) is 51.4 Å². The second-order valence-electron chi connectivity index (χ2n) is 5.65. The molecule has 106 valence electrons. The van der Waals surface area contributed by atoms with Crippen LogP contribution in [0, 0.1) is 0 Å². The largest absolute Gasteiger partial charge is 0.393 e. The molecule has 0 heterocycles. The summed E-state index contributed by atoms with van der Waals surface area (Å²) in [5.41, 5.74) is 0. The van der Waals surface area contributed by atoms with Crippen LogP contribution in [0.2, 0.25) is 0 Å². The van der Waals surface area contributed by atoms with E-state index in [0.29, 0.717) is 12.1 Å². The summed E-state index contributed by atoms with van der Waals surface area (Å²) in [6.45, 7) is 1.77. The fraction of sp³-hybridized carbons (Fsp3) is 1.00. The molecule has 0 amide bonds. The van der Waals surface area contributed by atoms with Crippen LogP contribution in [0.5, 0.6) is 0 Å². The molecule has 0 aromatic rings. The first-order chi connectivity index (χ1) is 8.88. The molecule has 18 heavy (non-hydrogen) atoms. The molecular weight excluding hydrogens is 242 g/mol. The Balaban J connectivity index is 1.72. The molecule has 0 aromatic carbocycles. The minimum Gasteiger partial charge on any atom is -0.393 e. The molecule has 0 aliphatic heterocycles. The predicted octanol–water partition coefficient (Wildman–Crippen LogP) is 1.00. The summed E-state index contributed by atoms with van der Waals surface area (Å²) in [6.07, 6.45) is 10.9. The van der Waals surface area contributed by atoms with Crippen LogP contribution in [0.25, 0.3) is 0 Å². The van der Waals surface area contributed by atoms with E-state index in [0.717, 1.165) is 13.2 Å². The average molecular weight is 271 g/mol. The highest BCUT2D eigenvalue weighted by molar-refractivity contribution is 6.46. The molecule has 2 aliphatic rings. The maximum Gasteiger partial charge on any atom is 0.335 e. The fourth-order valence-corrected chi connectivity index (χ4v) is 5.20. The first kappa shape index (κ1) is 14.5. The number of hydrogen-bond acceptors (Lipinski definition) is 4. The molecule has 3 N–H and O–H groups in total. The Kier molecular flexibility index (Phi) is 6.65. The quantitative estimate of drug-likeness (QED) is 0.455. The molecule has 2 rings (SSSR count). The number of nitrogens with one attached hydrogen (secondary N) is 3. The van der Waals surface area contributed by atoms with Crippen molar-refractivity contribution in [2.24, 2.45) is 0 Å². The molecule has 4 nitrogen and oxygen atoms in total. The van der Waals surface area contributed by atoms with Crippen LogP contribution >= 0.6 is 0 Å². The molecular formula is C13H29N3OSi. The third-order valence-electron chi connectivity index (χ3n) is 4.12. The molecule has 0 aromatic heterocycles. The summed E-state index contributed by atoms with van der Waals surface area (Å²) >= 11 is 0. The number of hydrogen-bond donors (Lipinski definition) is 3. The number of likely N-dealkylation sites (N-methyl/N-ethyl adjacent to an activating group) is 1. The standard InChI is InChI=1S/C13H29N3OSi/c1-14-10-11-17-18(15-12-6-2-3-7-12)16-13-8-4-5-9-13/h12-16,18H,2-11H2,1H3. The average Bonchev–Trinajstić information content (AvgIpc) is 3.02. The molecule has 0 radical (unpaired) electrons. The van der Waals surface area contributed by atoms with Gasteiger partial charge in [-0.2, -0.15) is 0 Å². The fourth-order valence-electron chi connectivity index (χ4n) is 3.04. The van der Waals surface area contributed by atoms with Crippen LogP contribution in [0.4, 0.5) is 0 Å². The van der Waals surface area contributed by atoms with Crippen molar-refractivity contribution < 1.29 is 4.43 Å². The van der Waals surface area contributed by atoms with E-state index in [2.05, 4.69) is 15.3 Å². The van der Waals surface area contributed by atoms with Gasteiger partial charge in [-0.05, 0) is 32.7 Å². The van der Waals surface area contributed by atoms with Gasteiger partial charge in [0.25, 0.3) is 0 Å². The lowest BCUT2D eigenvalue weighted by atomic mass is 10.3. The molecule has 2 aliphatic carbocycles. The SMILES string of the molecule is CNCCO[SiH](NC1CCCC1)NC1CCCC1. The molecule has 0 spiro atoms. The Morgan fingerprint density at radius 3 is 1.89 bits per heavy atom. The summed E-state index contributed by atoms with van der Waals surface area (Å²) in [6, 6.07) is 1.43. The Labute approximate surface area is 113 Å². The Bertz CT molecular complexity index is 200. The highest BCUT2D eigenvalue weighted by Gasteiger charge is 2.25. The second-order valence-corrected chi connectivity index (χ2v) is 7.41. The van der Waals surface area contributed by atoms with Crippen molar-refractivity contribution in [2.45, 2.75) is 63.5 Å². The first-order valence-corrected chi connectivity index (χ1v) is 9.29. The van der Waals surface area contributed by atoms with E-state index in [1.54, 1.807) is 0 Å². The summed E-state index contributed by atoms with van der Waals surface area (Å²) in [5, 5.41) is 3.15. The number of rotatable bonds is 8. The monoisotopic (exact) mass is 271 g/mol. The van der Waals surface area contributed by atoms with Crippen molar-refractivity contribution in [3.63, 3.8) is 0 Å². The van der Waals surface area contributed by atoms with Crippen molar-refractivity contribution in [3.05, 3.63) is 0 Å². The van der Waals surface area contributed by atoms with Crippen LogP contribution in [0.1, 0.15) is 51.4 Å². The van der Waals surface area contributed by atoms with Crippen molar-refractivity contribution in [3.8, 4) is 0 Å². The van der Waals surface area contributed by atoms with Gasteiger partial charge in [0, 0.05) is 25.2 Å². The minimum atomic E-state index is -1.41. The van der Waals surface area contributed by atoms with Crippen molar-refractivity contribution in [1.29, 1.82) is 0 Å². The van der Waals surface area contributed by atoms with Gasteiger partial charge < -0.3 is 19.7 Å². The summed E-state index contributed by atoms with van der Waals surface area (Å²) in [7, 11) is 0.569. The van der Waals surface area contributed by atoms with E-state index >= 15 is 0 Å². The zero-order valence-corrected chi connectivity index (χ0v) is 12.9. The van der Waals surface area contributed by atoms with E-state index in [-0.39, 0.29) is 0 Å². The van der Waals surface area contributed by atoms with Gasteiger partial charge in [-0.1, -0.05) is 25.7 Å². The second kappa shape index (κ2) is 8.27. The lowest BCUT2D eigenvalue weighted by Gasteiger charge is -2.25. The van der Waals surface area contributed by atoms with E-state index < -0.39 is 9.36 Å². The van der Waals surface area contributed by atoms with E-state index in [4.69, 9.17) is 4.43 Å². The van der Waals surface area contributed by atoms with Gasteiger partial charge in [0.15, 0.2) is 0 Å². The van der Waals surface area contributed by atoms with E-state index in [9.17, 15) is 0 Å². The maximum atomic E-state index is 6.06. The maximum absolute atomic E-state index is 6.06. The first-order valence-electron chi connectivity index (χ1n) is 7.67. The highest BCUT2D eigenvalue weighted by Crippen LogP contribution is 2.19. The topological polar surface area (TPSA) is 45.3 Å². The normalized spacial score (nSPS) is 22.3. The van der Waals surface area contributed by atoms with Crippen molar-refractivity contribution in [1.82, 2.24) is 15.3 Å². The molecule has 0 unspecified atom stereocenters. The van der Waals surface area contributed by atoms with Gasteiger partial charge in [0.05, 0.1) is 0 Å². The van der Waals surface area contributed by atoms with Crippen LogP contribution < -0.4 is 15.3 Å². The van der Waals surface area contributed by atoms with Gasteiger partial charge in [-0.25, -0.2) is 0 Å². The summed E-state index contributed by atoms with van der Waals surface area (Å²) < 4.78 is 6.06. The zero-order chi connectivity index (χ0) is 12.6. The van der Waals surface area contributed by atoms with Gasteiger partial charge in [0.2, 0.25) is 0 Å². The van der Waals surface area contributed by atoms with Crippen molar-refractivity contribution in [2.75, 3.05) is 20.2 Å². The summed E-state index contributed by atoms with van der Waals surface area (Å²) in [4.78, 5) is 7.56. The van der Waals surface area contributed by atoms with Gasteiger partial charge in [-0.3, -0.25) is 0 Å².